The van der Waals surface area contributed by atoms with Crippen molar-refractivity contribution in [3.8, 4) is 0 Å². The molecule has 8 nitrogen and oxygen atoms in total. The maximum atomic E-state index is 12.8. The number of benzene rings is 2. The predicted octanol–water partition coefficient (Wildman–Crippen LogP) is 3.26. The Morgan fingerprint density at radius 1 is 1.06 bits per heavy atom. The lowest BCUT2D eigenvalue weighted by atomic mass is 9.95. The van der Waals surface area contributed by atoms with E-state index < -0.39 is 42.1 Å². The number of nitrogens with one attached hydrogen (secondary N) is 1. The van der Waals surface area contributed by atoms with Crippen LogP contribution < -0.4 is 5.32 Å². The van der Waals surface area contributed by atoms with E-state index in [0.29, 0.717) is 6.42 Å². The Morgan fingerprint density at radius 2 is 1.65 bits per heavy atom. The van der Waals surface area contributed by atoms with E-state index in [1.54, 1.807) is 20.8 Å². The Bertz CT molecular complexity index is 931. The predicted molar refractivity (Wildman–Crippen MR) is 127 cm³/mol. The molecule has 0 aliphatic carbocycles. The van der Waals surface area contributed by atoms with Crippen molar-refractivity contribution in [3.63, 3.8) is 0 Å². The van der Waals surface area contributed by atoms with Gasteiger partial charge in [-0.2, -0.15) is 0 Å². The van der Waals surface area contributed by atoms with Crippen LogP contribution in [-0.4, -0.2) is 63.7 Å². The van der Waals surface area contributed by atoms with E-state index in [4.69, 9.17) is 9.47 Å². The Labute approximate surface area is 200 Å². The van der Waals surface area contributed by atoms with Crippen LogP contribution >= 0.6 is 0 Å². The van der Waals surface area contributed by atoms with Gasteiger partial charge in [0.2, 0.25) is 0 Å². The lowest BCUT2D eigenvalue weighted by molar-refractivity contribution is -0.00233. The number of aliphatic hydroxyl groups is 2. The largest absolute Gasteiger partial charge is 0.445 e. The molecule has 184 valence electrons. The molecule has 1 aliphatic rings. The molecule has 1 heterocycles. The van der Waals surface area contributed by atoms with Crippen LogP contribution in [0.4, 0.5) is 9.59 Å². The normalized spacial score (nSPS) is 19.9. The zero-order chi connectivity index (χ0) is 24.7. The number of amides is 2. The number of hydrogen-bond acceptors (Lipinski definition) is 6. The highest BCUT2D eigenvalue weighted by molar-refractivity contribution is 5.70. The van der Waals surface area contributed by atoms with E-state index in [0.717, 1.165) is 11.1 Å². The number of carbonyl (C=O) groups excluding carboxylic acids is 2. The summed E-state index contributed by atoms with van der Waals surface area (Å²) in [5.41, 5.74) is 1.02. The third-order valence-corrected chi connectivity index (χ3v) is 5.57. The highest BCUT2D eigenvalue weighted by Crippen LogP contribution is 2.26. The smallest absolute Gasteiger partial charge is 0.410 e. The molecule has 0 aromatic heterocycles. The molecule has 0 saturated carbocycles. The van der Waals surface area contributed by atoms with Crippen molar-refractivity contribution >= 4 is 12.2 Å². The lowest BCUT2D eigenvalue weighted by Crippen LogP contribution is -2.54. The quantitative estimate of drug-likeness (QED) is 0.573. The third kappa shape index (κ3) is 7.46. The number of nitrogens with zero attached hydrogens (tertiary/aromatic N) is 1. The lowest BCUT2D eigenvalue weighted by Gasteiger charge is -2.34. The molecule has 2 unspecified atom stereocenters. The summed E-state index contributed by atoms with van der Waals surface area (Å²) in [4.78, 5) is 26.7. The molecule has 0 radical (unpaired) electrons. The fourth-order valence-electron chi connectivity index (χ4n) is 4.01. The van der Waals surface area contributed by atoms with Crippen LogP contribution in [0.5, 0.6) is 0 Å². The number of carbonyl (C=O) groups is 2. The molecule has 3 rings (SSSR count). The second-order valence-corrected chi connectivity index (χ2v) is 9.58. The Kier molecular flexibility index (Phi) is 8.52. The van der Waals surface area contributed by atoms with Gasteiger partial charge in [0, 0.05) is 0 Å². The summed E-state index contributed by atoms with van der Waals surface area (Å²) in [6.45, 7) is 5.40. The Hall–Kier alpha value is -3.10. The fourth-order valence-corrected chi connectivity index (χ4v) is 4.01. The number of β-amino-alcohol motifs (C(OH)–C–C–N with tert-alkyl or cyclic N) is 1. The molecular formula is C26H34N2O6. The average molecular weight is 471 g/mol. The molecular weight excluding hydrogens is 436 g/mol. The molecule has 34 heavy (non-hydrogen) atoms. The van der Waals surface area contributed by atoms with Crippen LogP contribution in [0.25, 0.3) is 0 Å². The minimum Gasteiger partial charge on any atom is -0.445 e. The number of rotatable bonds is 7. The molecule has 1 saturated heterocycles. The number of aliphatic hydroxyl groups excluding tert-OH is 2. The monoisotopic (exact) mass is 470 g/mol. The van der Waals surface area contributed by atoms with Crippen LogP contribution in [0.15, 0.2) is 60.7 Å². The first-order valence-corrected chi connectivity index (χ1v) is 11.5. The Morgan fingerprint density at radius 3 is 2.24 bits per heavy atom. The van der Waals surface area contributed by atoms with Gasteiger partial charge in [0.05, 0.1) is 30.8 Å². The maximum absolute atomic E-state index is 12.8. The summed E-state index contributed by atoms with van der Waals surface area (Å²) in [5, 5.41) is 24.3. The summed E-state index contributed by atoms with van der Waals surface area (Å²) in [7, 11) is 0. The van der Waals surface area contributed by atoms with Crippen LogP contribution in [0, 0.1) is 0 Å². The first-order valence-electron chi connectivity index (χ1n) is 11.5. The zero-order valence-corrected chi connectivity index (χ0v) is 19.9. The fraction of sp³-hybridized carbons (Fsp3) is 0.462. The van der Waals surface area contributed by atoms with Gasteiger partial charge in [0.25, 0.3) is 0 Å². The molecule has 2 amide bonds. The molecule has 2 aromatic carbocycles. The summed E-state index contributed by atoms with van der Waals surface area (Å²) in [6, 6.07) is 17.2. The molecule has 4 atom stereocenters. The van der Waals surface area contributed by atoms with Gasteiger partial charge in [0.1, 0.15) is 12.2 Å². The summed E-state index contributed by atoms with van der Waals surface area (Å²) < 4.78 is 10.8. The maximum Gasteiger partial charge on any atom is 0.410 e. The first-order chi connectivity index (χ1) is 16.1. The van der Waals surface area contributed by atoms with Gasteiger partial charge >= 0.3 is 12.2 Å². The van der Waals surface area contributed by atoms with Crippen LogP contribution in [0.1, 0.15) is 38.3 Å². The molecule has 1 aliphatic heterocycles. The average Bonchev–Trinajstić information content (AvgIpc) is 3.19. The highest BCUT2D eigenvalue weighted by atomic mass is 16.6. The number of likely N-dealkylation sites (tertiary alicyclic amines) is 1. The SMILES string of the molecule is CC(C)(C)OC(=O)N1CC(O)CC1[C@@H](O)[C@H](Cc1ccccc1)NC(=O)OCc1ccccc1. The van der Waals surface area contributed by atoms with Crippen molar-refractivity contribution in [1.29, 1.82) is 0 Å². The number of hydrogen-bond donors (Lipinski definition) is 3. The van der Waals surface area contributed by atoms with E-state index in [2.05, 4.69) is 5.32 Å². The van der Waals surface area contributed by atoms with Crippen LogP contribution in [-0.2, 0) is 22.5 Å². The minimum atomic E-state index is -1.16. The van der Waals surface area contributed by atoms with Crippen molar-refractivity contribution in [2.45, 2.75) is 70.1 Å². The summed E-state index contributed by atoms with van der Waals surface area (Å²) >= 11 is 0. The third-order valence-electron chi connectivity index (χ3n) is 5.57. The van der Waals surface area contributed by atoms with Crippen molar-refractivity contribution in [3.05, 3.63) is 71.8 Å². The molecule has 2 aromatic rings. The van der Waals surface area contributed by atoms with Crippen molar-refractivity contribution in [2.24, 2.45) is 0 Å². The summed E-state index contributed by atoms with van der Waals surface area (Å²) in [5.74, 6) is 0. The number of alkyl carbamates (subject to hydrolysis) is 1. The first kappa shape index (κ1) is 25.5. The highest BCUT2D eigenvalue weighted by Gasteiger charge is 2.43. The zero-order valence-electron chi connectivity index (χ0n) is 19.9. The minimum absolute atomic E-state index is 0.0488. The van der Waals surface area contributed by atoms with Crippen LogP contribution in [0.2, 0.25) is 0 Å². The van der Waals surface area contributed by atoms with Gasteiger partial charge in [-0.15, -0.1) is 0 Å². The van der Waals surface area contributed by atoms with Crippen molar-refractivity contribution < 1.29 is 29.3 Å². The van der Waals surface area contributed by atoms with Crippen molar-refractivity contribution in [2.75, 3.05) is 6.54 Å². The van der Waals surface area contributed by atoms with Gasteiger partial charge in [-0.25, -0.2) is 9.59 Å². The van der Waals surface area contributed by atoms with Crippen molar-refractivity contribution in [1.82, 2.24) is 10.2 Å². The number of ether oxygens (including phenoxy) is 2. The molecule has 0 bridgehead atoms. The second kappa shape index (κ2) is 11.4. The standard InChI is InChI=1S/C26H34N2O6/c1-26(2,3)34-25(32)28-16-20(29)15-22(28)23(30)21(14-18-10-6-4-7-11-18)27-24(31)33-17-19-12-8-5-9-13-19/h4-13,20-23,29-30H,14-17H2,1-3H3,(H,27,31)/t20?,21-,22?,23-/m0/s1. The molecule has 0 spiro atoms. The van der Waals surface area contributed by atoms with E-state index in [1.165, 1.54) is 4.90 Å². The summed E-state index contributed by atoms with van der Waals surface area (Å²) in [6.07, 6.45) is -2.75. The van der Waals surface area contributed by atoms with Gasteiger partial charge in [-0.1, -0.05) is 60.7 Å². The van der Waals surface area contributed by atoms with Gasteiger partial charge in [0.15, 0.2) is 0 Å². The van der Waals surface area contributed by atoms with Gasteiger partial charge in [-0.3, -0.25) is 4.90 Å². The van der Waals surface area contributed by atoms with E-state index in [1.807, 2.05) is 60.7 Å². The Balaban J connectivity index is 1.74. The van der Waals surface area contributed by atoms with Gasteiger partial charge < -0.3 is 25.0 Å². The molecule has 8 heteroatoms. The van der Waals surface area contributed by atoms with E-state index in [-0.39, 0.29) is 19.6 Å². The van der Waals surface area contributed by atoms with Gasteiger partial charge in [-0.05, 0) is 44.7 Å². The molecule has 3 N–H and O–H groups in total. The second-order valence-electron chi connectivity index (χ2n) is 9.58. The van der Waals surface area contributed by atoms with E-state index >= 15 is 0 Å². The molecule has 1 fully saturated rings. The van der Waals surface area contributed by atoms with Crippen LogP contribution in [0.3, 0.4) is 0 Å². The van der Waals surface area contributed by atoms with E-state index in [9.17, 15) is 19.8 Å². The topological polar surface area (TPSA) is 108 Å².